The summed E-state index contributed by atoms with van der Waals surface area (Å²) in [5, 5.41) is 9.61. The summed E-state index contributed by atoms with van der Waals surface area (Å²) in [6, 6.07) is 27.6. The van der Waals surface area contributed by atoms with E-state index >= 15 is 0 Å². The van der Waals surface area contributed by atoms with Crippen LogP contribution in [0.15, 0.2) is 93.9 Å². The lowest BCUT2D eigenvalue weighted by Gasteiger charge is -2.11. The molecule has 1 N–H and O–H groups in total. The second-order valence-electron chi connectivity index (χ2n) is 6.19. The SMILES string of the molecule is Oc1ccc(-c2cc(-c3cccc(Br)c3)nc(-c3cccc(Br)c3)c2)cc1. The highest BCUT2D eigenvalue weighted by atomic mass is 79.9. The van der Waals surface area contributed by atoms with Gasteiger partial charge in [0.05, 0.1) is 11.4 Å². The molecule has 2 nitrogen and oxygen atoms in total. The van der Waals surface area contributed by atoms with Crippen molar-refractivity contribution in [2.75, 3.05) is 0 Å². The van der Waals surface area contributed by atoms with Crippen LogP contribution < -0.4 is 0 Å². The smallest absolute Gasteiger partial charge is 0.115 e. The normalized spacial score (nSPS) is 10.7. The first-order chi connectivity index (χ1) is 13.1. The Balaban J connectivity index is 1.92. The predicted octanol–water partition coefficient (Wildman–Crippen LogP) is 7.31. The van der Waals surface area contributed by atoms with Crippen molar-refractivity contribution in [2.45, 2.75) is 0 Å². The highest BCUT2D eigenvalue weighted by molar-refractivity contribution is 9.10. The van der Waals surface area contributed by atoms with Crippen molar-refractivity contribution >= 4 is 31.9 Å². The number of phenols is 1. The minimum atomic E-state index is 0.257. The van der Waals surface area contributed by atoms with E-state index in [0.717, 1.165) is 42.6 Å². The van der Waals surface area contributed by atoms with E-state index in [0.29, 0.717) is 0 Å². The summed E-state index contributed by atoms with van der Waals surface area (Å²) in [5.41, 5.74) is 5.97. The first-order valence-corrected chi connectivity index (χ1v) is 10.0. The highest BCUT2D eigenvalue weighted by Gasteiger charge is 2.10. The third-order valence-electron chi connectivity index (χ3n) is 4.27. The number of aromatic nitrogens is 1. The lowest BCUT2D eigenvalue weighted by atomic mass is 10.00. The summed E-state index contributed by atoms with van der Waals surface area (Å²) in [5.74, 6) is 0.257. The maximum absolute atomic E-state index is 9.61. The zero-order valence-electron chi connectivity index (χ0n) is 14.2. The minimum Gasteiger partial charge on any atom is -0.508 e. The molecule has 0 amide bonds. The summed E-state index contributed by atoms with van der Waals surface area (Å²) in [6.07, 6.45) is 0. The van der Waals surface area contributed by atoms with Crippen LogP contribution >= 0.6 is 31.9 Å². The quantitative estimate of drug-likeness (QED) is 0.333. The van der Waals surface area contributed by atoms with Crippen molar-refractivity contribution in [1.29, 1.82) is 0 Å². The van der Waals surface area contributed by atoms with Crippen molar-refractivity contribution in [2.24, 2.45) is 0 Å². The maximum atomic E-state index is 9.61. The Morgan fingerprint density at radius 1 is 0.556 bits per heavy atom. The molecule has 4 aromatic rings. The van der Waals surface area contributed by atoms with E-state index in [1.165, 1.54) is 0 Å². The molecule has 3 aromatic carbocycles. The van der Waals surface area contributed by atoms with Gasteiger partial charge < -0.3 is 5.11 Å². The van der Waals surface area contributed by atoms with Gasteiger partial charge in [0, 0.05) is 20.1 Å². The van der Waals surface area contributed by atoms with Gasteiger partial charge in [0.1, 0.15) is 5.75 Å². The molecule has 0 spiro atoms. The van der Waals surface area contributed by atoms with Crippen LogP contribution in [0, 0.1) is 0 Å². The van der Waals surface area contributed by atoms with Crippen LogP contribution in [0.25, 0.3) is 33.6 Å². The second-order valence-corrected chi connectivity index (χ2v) is 8.03. The molecule has 132 valence electrons. The standard InChI is InChI=1S/C23H15Br2NO/c24-19-5-1-3-16(11-19)22-13-18(15-7-9-21(27)10-8-15)14-23(26-22)17-4-2-6-20(25)12-17/h1-14,27H. The molecule has 0 aliphatic heterocycles. The second kappa shape index (κ2) is 7.67. The van der Waals surface area contributed by atoms with Crippen LogP contribution in [0.4, 0.5) is 0 Å². The van der Waals surface area contributed by atoms with Crippen molar-refractivity contribution in [3.63, 3.8) is 0 Å². The summed E-state index contributed by atoms with van der Waals surface area (Å²) < 4.78 is 2.03. The molecule has 0 radical (unpaired) electrons. The Labute approximate surface area is 174 Å². The number of pyridine rings is 1. The number of hydrogen-bond acceptors (Lipinski definition) is 2. The summed E-state index contributed by atoms with van der Waals surface area (Å²) in [6.45, 7) is 0. The van der Waals surface area contributed by atoms with Crippen molar-refractivity contribution in [3.05, 3.63) is 93.9 Å². The third kappa shape index (κ3) is 4.12. The molecule has 0 saturated carbocycles. The molecule has 0 aliphatic rings. The van der Waals surface area contributed by atoms with E-state index < -0.39 is 0 Å². The average Bonchev–Trinajstić information content (AvgIpc) is 2.68. The van der Waals surface area contributed by atoms with E-state index in [9.17, 15) is 5.11 Å². The molecule has 0 aliphatic carbocycles. The summed E-state index contributed by atoms with van der Waals surface area (Å²) >= 11 is 7.08. The highest BCUT2D eigenvalue weighted by Crippen LogP contribution is 2.32. The monoisotopic (exact) mass is 479 g/mol. The van der Waals surface area contributed by atoms with E-state index in [1.54, 1.807) is 12.1 Å². The van der Waals surface area contributed by atoms with Crippen molar-refractivity contribution in [1.82, 2.24) is 4.98 Å². The number of aromatic hydroxyl groups is 1. The minimum absolute atomic E-state index is 0.257. The van der Waals surface area contributed by atoms with Crippen molar-refractivity contribution < 1.29 is 5.11 Å². The molecule has 0 bridgehead atoms. The molecule has 4 heteroatoms. The van der Waals surface area contributed by atoms with Gasteiger partial charge in [0.25, 0.3) is 0 Å². The molecule has 0 saturated heterocycles. The fourth-order valence-corrected chi connectivity index (χ4v) is 3.74. The molecule has 1 aromatic heterocycles. The van der Waals surface area contributed by atoms with Crippen LogP contribution in [0.1, 0.15) is 0 Å². The molecule has 1 heterocycles. The first kappa shape index (κ1) is 18.0. The number of benzene rings is 3. The lowest BCUT2D eigenvalue weighted by molar-refractivity contribution is 0.475. The van der Waals surface area contributed by atoms with Gasteiger partial charge in [-0.05, 0) is 59.7 Å². The zero-order valence-corrected chi connectivity index (χ0v) is 17.4. The van der Waals surface area contributed by atoms with Crippen LogP contribution in [-0.2, 0) is 0 Å². The van der Waals surface area contributed by atoms with Gasteiger partial charge in [0.2, 0.25) is 0 Å². The Bertz CT molecular complexity index is 1040. The van der Waals surface area contributed by atoms with Crippen LogP contribution in [0.5, 0.6) is 5.75 Å². The van der Waals surface area contributed by atoms with Gasteiger partial charge in [-0.15, -0.1) is 0 Å². The Hall–Kier alpha value is -2.43. The van der Waals surface area contributed by atoms with E-state index in [1.807, 2.05) is 36.4 Å². The Morgan fingerprint density at radius 3 is 1.56 bits per heavy atom. The molecule has 0 fully saturated rings. The van der Waals surface area contributed by atoms with Gasteiger partial charge in [-0.1, -0.05) is 68.3 Å². The van der Waals surface area contributed by atoms with Gasteiger partial charge in [-0.25, -0.2) is 4.98 Å². The third-order valence-corrected chi connectivity index (χ3v) is 5.25. The van der Waals surface area contributed by atoms with Gasteiger partial charge >= 0.3 is 0 Å². The topological polar surface area (TPSA) is 33.1 Å². The fourth-order valence-electron chi connectivity index (χ4n) is 2.94. The average molecular weight is 481 g/mol. The summed E-state index contributed by atoms with van der Waals surface area (Å²) in [7, 11) is 0. The first-order valence-electron chi connectivity index (χ1n) is 8.42. The Morgan fingerprint density at radius 2 is 1.07 bits per heavy atom. The summed E-state index contributed by atoms with van der Waals surface area (Å²) in [4.78, 5) is 4.91. The largest absolute Gasteiger partial charge is 0.508 e. The van der Waals surface area contributed by atoms with Crippen LogP contribution in [0.2, 0.25) is 0 Å². The number of rotatable bonds is 3. The number of phenolic OH excluding ortho intramolecular Hbond substituents is 1. The van der Waals surface area contributed by atoms with E-state index in [-0.39, 0.29) is 5.75 Å². The molecule has 27 heavy (non-hydrogen) atoms. The van der Waals surface area contributed by atoms with E-state index in [2.05, 4.69) is 68.3 Å². The fraction of sp³-hybridized carbons (Fsp3) is 0. The van der Waals surface area contributed by atoms with E-state index in [4.69, 9.17) is 4.98 Å². The number of hydrogen-bond donors (Lipinski definition) is 1. The van der Waals surface area contributed by atoms with Crippen LogP contribution in [-0.4, -0.2) is 10.1 Å². The predicted molar refractivity (Wildman–Crippen MR) is 118 cm³/mol. The molecule has 0 unspecified atom stereocenters. The zero-order chi connectivity index (χ0) is 18.8. The Kier molecular flexibility index (Phi) is 5.10. The van der Waals surface area contributed by atoms with Gasteiger partial charge in [-0.3, -0.25) is 0 Å². The number of nitrogens with zero attached hydrogens (tertiary/aromatic N) is 1. The van der Waals surface area contributed by atoms with Gasteiger partial charge in [0.15, 0.2) is 0 Å². The molecular formula is C23H15Br2NO. The van der Waals surface area contributed by atoms with Crippen molar-refractivity contribution in [3.8, 4) is 39.4 Å². The molecule has 0 atom stereocenters. The molecule has 4 rings (SSSR count). The number of halogens is 2. The lowest BCUT2D eigenvalue weighted by Crippen LogP contribution is -1.91. The van der Waals surface area contributed by atoms with Gasteiger partial charge in [-0.2, -0.15) is 0 Å². The molecular weight excluding hydrogens is 466 g/mol. The maximum Gasteiger partial charge on any atom is 0.115 e. The van der Waals surface area contributed by atoms with Crippen LogP contribution in [0.3, 0.4) is 0 Å².